The highest BCUT2D eigenvalue weighted by Gasteiger charge is 2.37. The lowest BCUT2D eigenvalue weighted by atomic mass is 10.0. The highest BCUT2D eigenvalue weighted by atomic mass is 16.6. The lowest BCUT2D eigenvalue weighted by Gasteiger charge is -2.15. The number of rotatable bonds is 3. The molecular formula is C20H20N2O2. The highest BCUT2D eigenvalue weighted by molar-refractivity contribution is 5.91. The van der Waals surface area contributed by atoms with E-state index >= 15 is 0 Å². The third-order valence-electron chi connectivity index (χ3n) is 4.87. The summed E-state index contributed by atoms with van der Waals surface area (Å²) in [6.07, 6.45) is 3.45. The van der Waals surface area contributed by atoms with Crippen LogP contribution >= 0.6 is 0 Å². The summed E-state index contributed by atoms with van der Waals surface area (Å²) in [6.45, 7) is 0.878. The number of amides is 1. The molecule has 122 valence electrons. The monoisotopic (exact) mass is 320 g/mol. The molecule has 1 heterocycles. The van der Waals surface area contributed by atoms with Gasteiger partial charge in [0.1, 0.15) is 6.10 Å². The van der Waals surface area contributed by atoms with E-state index in [1.165, 1.54) is 0 Å². The van der Waals surface area contributed by atoms with Gasteiger partial charge < -0.3 is 4.74 Å². The summed E-state index contributed by atoms with van der Waals surface area (Å²) in [5, 5.41) is 2.91. The molecule has 1 N–H and O–H groups in total. The summed E-state index contributed by atoms with van der Waals surface area (Å²) >= 11 is 0. The summed E-state index contributed by atoms with van der Waals surface area (Å²) in [5.74, 6) is 1.04. The Kier molecular flexibility index (Phi) is 4.03. The Labute approximate surface area is 141 Å². The van der Waals surface area contributed by atoms with Gasteiger partial charge >= 0.3 is 6.09 Å². The molecule has 1 saturated carbocycles. The van der Waals surface area contributed by atoms with Gasteiger partial charge in [-0.2, -0.15) is 0 Å². The molecule has 3 atom stereocenters. The number of fused-ring (bicyclic) bond motifs is 1. The first-order valence-corrected chi connectivity index (χ1v) is 8.41. The zero-order chi connectivity index (χ0) is 16.4. The number of aliphatic imine (C=N–C) groups is 1. The number of para-hydroxylation sites is 1. The smallest absolute Gasteiger partial charge is 0.411 e. The topological polar surface area (TPSA) is 50.7 Å². The van der Waals surface area contributed by atoms with Crippen molar-refractivity contribution in [2.45, 2.75) is 18.9 Å². The summed E-state index contributed by atoms with van der Waals surface area (Å²) < 4.78 is 5.63. The van der Waals surface area contributed by atoms with E-state index in [1.54, 1.807) is 0 Å². The van der Waals surface area contributed by atoms with Gasteiger partial charge in [-0.05, 0) is 30.4 Å². The van der Waals surface area contributed by atoms with E-state index in [0.29, 0.717) is 11.8 Å². The molecule has 1 fully saturated rings. The van der Waals surface area contributed by atoms with Crippen molar-refractivity contribution in [1.82, 2.24) is 0 Å². The first-order chi connectivity index (χ1) is 11.8. The Bertz CT molecular complexity index is 757. The van der Waals surface area contributed by atoms with Crippen LogP contribution in [-0.2, 0) is 4.74 Å². The molecular weight excluding hydrogens is 300 g/mol. The number of anilines is 1. The fraction of sp³-hybridized carbons (Fsp3) is 0.300. The van der Waals surface area contributed by atoms with E-state index in [2.05, 4.69) is 10.3 Å². The number of benzene rings is 2. The zero-order valence-electron chi connectivity index (χ0n) is 13.4. The lowest BCUT2D eigenvalue weighted by molar-refractivity contribution is 0.111. The van der Waals surface area contributed by atoms with Crippen LogP contribution in [0.3, 0.4) is 0 Å². The third-order valence-corrected chi connectivity index (χ3v) is 4.87. The lowest BCUT2D eigenvalue weighted by Crippen LogP contribution is -2.21. The number of hydrogen-bond donors (Lipinski definition) is 1. The molecule has 0 saturated heterocycles. The minimum absolute atomic E-state index is 0.00404. The van der Waals surface area contributed by atoms with Crippen LogP contribution in [0, 0.1) is 11.8 Å². The van der Waals surface area contributed by atoms with Crippen molar-refractivity contribution in [3.05, 3.63) is 54.6 Å². The minimum Gasteiger partial charge on any atom is -0.446 e. The van der Waals surface area contributed by atoms with Crippen molar-refractivity contribution in [2.24, 2.45) is 16.8 Å². The predicted molar refractivity (Wildman–Crippen MR) is 95.3 cm³/mol. The molecule has 0 bridgehead atoms. The van der Waals surface area contributed by atoms with E-state index in [-0.39, 0.29) is 12.2 Å². The molecule has 0 aromatic heterocycles. The Hall–Kier alpha value is -2.62. The van der Waals surface area contributed by atoms with Crippen LogP contribution < -0.4 is 5.32 Å². The second-order valence-electron chi connectivity index (χ2n) is 6.47. The summed E-state index contributed by atoms with van der Waals surface area (Å²) in [5.41, 5.74) is 2.83. The first-order valence-electron chi connectivity index (χ1n) is 8.41. The van der Waals surface area contributed by atoms with Crippen LogP contribution in [0.25, 0.3) is 11.1 Å². The van der Waals surface area contributed by atoms with Gasteiger partial charge in [-0.3, -0.25) is 10.3 Å². The fourth-order valence-corrected chi connectivity index (χ4v) is 3.68. The molecule has 24 heavy (non-hydrogen) atoms. The molecule has 4 nitrogen and oxygen atoms in total. The van der Waals surface area contributed by atoms with E-state index in [0.717, 1.165) is 36.2 Å². The third kappa shape index (κ3) is 3.04. The number of hydrogen-bond acceptors (Lipinski definition) is 3. The number of nitrogens with one attached hydrogen (secondary N) is 1. The van der Waals surface area contributed by atoms with E-state index in [4.69, 9.17) is 4.74 Å². The van der Waals surface area contributed by atoms with Crippen molar-refractivity contribution < 1.29 is 9.53 Å². The number of carbonyl (C=O) groups is 1. The summed E-state index contributed by atoms with van der Waals surface area (Å²) in [7, 11) is 0. The van der Waals surface area contributed by atoms with Crippen molar-refractivity contribution in [3.8, 4) is 11.1 Å². The molecule has 1 aliphatic carbocycles. The van der Waals surface area contributed by atoms with Gasteiger partial charge in [-0.1, -0.05) is 48.5 Å². The SMILES string of the molecule is O=C(Nc1ccccc1-c1ccccc1)OC1CC2C=NCC2C1. The number of carbonyl (C=O) groups excluding carboxylic acids is 1. The van der Waals surface area contributed by atoms with Gasteiger partial charge in [0, 0.05) is 24.2 Å². The van der Waals surface area contributed by atoms with E-state index in [9.17, 15) is 4.79 Å². The van der Waals surface area contributed by atoms with Gasteiger partial charge in [0.15, 0.2) is 0 Å². The van der Waals surface area contributed by atoms with Gasteiger partial charge in [0.2, 0.25) is 0 Å². The van der Waals surface area contributed by atoms with Crippen molar-refractivity contribution in [1.29, 1.82) is 0 Å². The van der Waals surface area contributed by atoms with Crippen LogP contribution in [0.1, 0.15) is 12.8 Å². The average Bonchev–Trinajstić information content (AvgIpc) is 3.17. The van der Waals surface area contributed by atoms with Crippen LogP contribution in [-0.4, -0.2) is 25.0 Å². The molecule has 2 aromatic carbocycles. The van der Waals surface area contributed by atoms with Crippen LogP contribution in [0.4, 0.5) is 10.5 Å². The second kappa shape index (κ2) is 6.48. The van der Waals surface area contributed by atoms with Crippen LogP contribution in [0.5, 0.6) is 0 Å². The Balaban J connectivity index is 1.44. The summed E-state index contributed by atoms with van der Waals surface area (Å²) in [6, 6.07) is 17.8. The largest absolute Gasteiger partial charge is 0.446 e. The molecule has 1 amide bonds. The maximum absolute atomic E-state index is 12.3. The molecule has 3 unspecified atom stereocenters. The Morgan fingerprint density at radius 2 is 1.83 bits per heavy atom. The highest BCUT2D eigenvalue weighted by Crippen LogP contribution is 2.36. The molecule has 0 radical (unpaired) electrons. The molecule has 0 spiro atoms. The van der Waals surface area contributed by atoms with Crippen molar-refractivity contribution in [3.63, 3.8) is 0 Å². The standard InChI is InChI=1S/C20H20N2O2/c23-20(24-17-10-15-12-21-13-16(15)11-17)22-19-9-5-4-8-18(19)14-6-2-1-3-7-14/h1-9,12,15-17H,10-11,13H2,(H,22,23). The predicted octanol–water partition coefficient (Wildman–Crippen LogP) is 4.38. The maximum Gasteiger partial charge on any atom is 0.411 e. The fourth-order valence-electron chi connectivity index (χ4n) is 3.68. The van der Waals surface area contributed by atoms with Gasteiger partial charge in [-0.25, -0.2) is 4.79 Å². The Morgan fingerprint density at radius 1 is 1.04 bits per heavy atom. The van der Waals surface area contributed by atoms with Gasteiger partial charge in [-0.15, -0.1) is 0 Å². The molecule has 4 rings (SSSR count). The Morgan fingerprint density at radius 3 is 2.67 bits per heavy atom. The van der Waals surface area contributed by atoms with Gasteiger partial charge in [0.25, 0.3) is 0 Å². The van der Waals surface area contributed by atoms with Crippen molar-refractivity contribution in [2.75, 3.05) is 11.9 Å². The first kappa shape index (κ1) is 14.9. The van der Waals surface area contributed by atoms with Gasteiger partial charge in [0.05, 0.1) is 5.69 Å². The molecule has 2 aromatic rings. The normalized spacial score (nSPS) is 24.6. The number of ether oxygens (including phenoxy) is 1. The van der Waals surface area contributed by atoms with E-state index < -0.39 is 0 Å². The maximum atomic E-state index is 12.3. The molecule has 1 aliphatic heterocycles. The average molecular weight is 320 g/mol. The number of nitrogens with zero attached hydrogens (tertiary/aromatic N) is 1. The van der Waals surface area contributed by atoms with E-state index in [1.807, 2.05) is 60.8 Å². The van der Waals surface area contributed by atoms with Crippen LogP contribution in [0.2, 0.25) is 0 Å². The van der Waals surface area contributed by atoms with Crippen molar-refractivity contribution >= 4 is 18.0 Å². The quantitative estimate of drug-likeness (QED) is 0.912. The molecule has 4 heteroatoms. The second-order valence-corrected chi connectivity index (χ2v) is 6.47. The molecule has 2 aliphatic rings. The summed E-state index contributed by atoms with van der Waals surface area (Å²) in [4.78, 5) is 16.6. The van der Waals surface area contributed by atoms with Crippen LogP contribution in [0.15, 0.2) is 59.6 Å². The minimum atomic E-state index is -0.375. The zero-order valence-corrected chi connectivity index (χ0v) is 13.4.